The molecular formula is C14H22N2O5. The van der Waals surface area contributed by atoms with E-state index in [2.05, 4.69) is 10.6 Å². The molecule has 2 amide bonds. The van der Waals surface area contributed by atoms with Crippen LogP contribution in [-0.4, -0.2) is 47.7 Å². The van der Waals surface area contributed by atoms with Crippen LogP contribution in [0.4, 0.5) is 0 Å². The van der Waals surface area contributed by atoms with Gasteiger partial charge in [-0.15, -0.1) is 0 Å². The average molecular weight is 298 g/mol. The maximum atomic E-state index is 12.1. The van der Waals surface area contributed by atoms with Gasteiger partial charge in [-0.25, -0.2) is 4.79 Å². The Hall–Kier alpha value is -1.63. The molecule has 7 heteroatoms. The molecule has 21 heavy (non-hydrogen) atoms. The Morgan fingerprint density at radius 3 is 2.48 bits per heavy atom. The second-order valence-electron chi connectivity index (χ2n) is 5.89. The number of nitrogens with one attached hydrogen (secondary N) is 2. The Balaban J connectivity index is 1.89. The molecule has 2 aliphatic rings. The van der Waals surface area contributed by atoms with Crippen molar-refractivity contribution in [3.8, 4) is 0 Å². The molecule has 0 radical (unpaired) electrons. The number of amides is 2. The van der Waals surface area contributed by atoms with Crippen molar-refractivity contribution in [2.24, 2.45) is 5.92 Å². The van der Waals surface area contributed by atoms with Gasteiger partial charge in [0.25, 0.3) is 0 Å². The molecule has 0 aromatic carbocycles. The van der Waals surface area contributed by atoms with E-state index in [4.69, 9.17) is 4.74 Å². The van der Waals surface area contributed by atoms with E-state index in [0.717, 1.165) is 25.7 Å². The topological polar surface area (TPSA) is 105 Å². The van der Waals surface area contributed by atoms with Crippen molar-refractivity contribution in [2.75, 3.05) is 13.2 Å². The van der Waals surface area contributed by atoms with Gasteiger partial charge >= 0.3 is 5.97 Å². The lowest BCUT2D eigenvalue weighted by Crippen LogP contribution is -2.59. The van der Waals surface area contributed by atoms with Crippen molar-refractivity contribution in [1.29, 1.82) is 0 Å². The van der Waals surface area contributed by atoms with Crippen molar-refractivity contribution < 1.29 is 24.2 Å². The van der Waals surface area contributed by atoms with Crippen LogP contribution in [0.15, 0.2) is 0 Å². The fraction of sp³-hybridized carbons (Fsp3) is 0.786. The highest BCUT2D eigenvalue weighted by molar-refractivity contribution is 5.92. The summed E-state index contributed by atoms with van der Waals surface area (Å²) in [5.74, 6) is -1.75. The van der Waals surface area contributed by atoms with E-state index in [-0.39, 0.29) is 24.9 Å². The van der Waals surface area contributed by atoms with Crippen LogP contribution in [0.1, 0.15) is 39.0 Å². The van der Waals surface area contributed by atoms with Gasteiger partial charge in [0.15, 0.2) is 5.54 Å². The molecule has 2 rings (SSSR count). The zero-order valence-corrected chi connectivity index (χ0v) is 12.2. The second kappa shape index (κ2) is 6.43. The lowest BCUT2D eigenvalue weighted by molar-refractivity contribution is -0.148. The largest absolute Gasteiger partial charge is 0.479 e. The van der Waals surface area contributed by atoms with E-state index in [1.807, 2.05) is 0 Å². The van der Waals surface area contributed by atoms with Gasteiger partial charge in [0.05, 0.1) is 6.61 Å². The van der Waals surface area contributed by atoms with E-state index in [1.54, 1.807) is 6.92 Å². The lowest BCUT2D eigenvalue weighted by Gasteiger charge is -2.26. The van der Waals surface area contributed by atoms with Gasteiger partial charge in [-0.1, -0.05) is 12.8 Å². The van der Waals surface area contributed by atoms with Gasteiger partial charge in [0.1, 0.15) is 6.04 Å². The molecule has 1 saturated carbocycles. The Kier molecular flexibility index (Phi) is 4.82. The molecule has 1 aliphatic heterocycles. The van der Waals surface area contributed by atoms with Gasteiger partial charge < -0.3 is 20.5 Å². The average Bonchev–Trinajstić information content (AvgIpc) is 3.10. The number of carboxylic acid groups (broad SMARTS) is 1. The maximum absolute atomic E-state index is 12.1. The summed E-state index contributed by atoms with van der Waals surface area (Å²) < 4.78 is 5.08. The predicted molar refractivity (Wildman–Crippen MR) is 73.5 cm³/mol. The van der Waals surface area contributed by atoms with E-state index in [1.165, 1.54) is 0 Å². The smallest absolute Gasteiger partial charge is 0.331 e. The molecule has 2 unspecified atom stereocenters. The number of carboxylic acids is 1. The first-order chi connectivity index (χ1) is 9.94. The van der Waals surface area contributed by atoms with Crippen LogP contribution in [0.5, 0.6) is 0 Å². The van der Waals surface area contributed by atoms with Crippen LogP contribution in [0.25, 0.3) is 0 Å². The summed E-state index contributed by atoms with van der Waals surface area (Å²) in [7, 11) is 0. The molecule has 1 aliphatic carbocycles. The molecule has 0 aromatic heterocycles. The minimum absolute atomic E-state index is 0.0245. The molecule has 0 aromatic rings. The van der Waals surface area contributed by atoms with Gasteiger partial charge in [0.2, 0.25) is 11.8 Å². The number of carbonyl (C=O) groups is 3. The monoisotopic (exact) mass is 298 g/mol. The molecule has 1 heterocycles. The lowest BCUT2D eigenvalue weighted by atomic mass is 9.98. The van der Waals surface area contributed by atoms with Crippen LogP contribution in [-0.2, 0) is 19.1 Å². The number of ether oxygens (including phenoxy) is 1. The first-order valence-corrected chi connectivity index (χ1v) is 7.38. The maximum Gasteiger partial charge on any atom is 0.331 e. The van der Waals surface area contributed by atoms with Crippen LogP contribution in [0, 0.1) is 5.92 Å². The molecule has 118 valence electrons. The number of aliphatic carboxylic acids is 1. The van der Waals surface area contributed by atoms with Crippen LogP contribution in [0.3, 0.4) is 0 Å². The number of carbonyl (C=O) groups excluding carboxylic acids is 2. The van der Waals surface area contributed by atoms with Crippen molar-refractivity contribution in [3.05, 3.63) is 0 Å². The fourth-order valence-electron chi connectivity index (χ4n) is 2.81. The molecule has 3 N–H and O–H groups in total. The summed E-state index contributed by atoms with van der Waals surface area (Å²) >= 11 is 0. The zero-order chi connectivity index (χ0) is 15.5. The third-order valence-electron chi connectivity index (χ3n) is 4.27. The second-order valence-corrected chi connectivity index (χ2v) is 5.89. The van der Waals surface area contributed by atoms with Gasteiger partial charge in [0, 0.05) is 18.9 Å². The number of hydrogen-bond donors (Lipinski definition) is 3. The molecule has 1 saturated heterocycles. The van der Waals surface area contributed by atoms with Crippen molar-refractivity contribution >= 4 is 17.8 Å². The minimum atomic E-state index is -1.37. The Morgan fingerprint density at radius 1 is 1.29 bits per heavy atom. The summed E-state index contributed by atoms with van der Waals surface area (Å²) in [6.07, 6.45) is 4.02. The van der Waals surface area contributed by atoms with E-state index in [9.17, 15) is 19.5 Å². The Morgan fingerprint density at radius 2 is 1.95 bits per heavy atom. The summed E-state index contributed by atoms with van der Waals surface area (Å²) in [6.45, 7) is 1.82. The highest BCUT2D eigenvalue weighted by Gasteiger charge is 2.44. The normalized spacial score (nSPS) is 27.3. The molecule has 0 spiro atoms. The highest BCUT2D eigenvalue weighted by Crippen LogP contribution is 2.25. The molecule has 2 fully saturated rings. The first-order valence-electron chi connectivity index (χ1n) is 7.38. The predicted octanol–water partition coefficient (Wildman–Crippen LogP) is 0.0412. The van der Waals surface area contributed by atoms with Gasteiger partial charge in [-0.05, 0) is 19.8 Å². The van der Waals surface area contributed by atoms with Crippen LogP contribution >= 0.6 is 0 Å². The fourth-order valence-corrected chi connectivity index (χ4v) is 2.81. The first kappa shape index (κ1) is 15.8. The third-order valence-corrected chi connectivity index (χ3v) is 4.27. The highest BCUT2D eigenvalue weighted by atomic mass is 16.5. The summed E-state index contributed by atoms with van der Waals surface area (Å²) in [5, 5.41) is 14.4. The third kappa shape index (κ3) is 3.53. The summed E-state index contributed by atoms with van der Waals surface area (Å²) in [4.78, 5) is 35.4. The van der Waals surface area contributed by atoms with Crippen molar-refractivity contribution in [3.63, 3.8) is 0 Å². The number of hydrogen-bond acceptors (Lipinski definition) is 4. The minimum Gasteiger partial charge on any atom is -0.479 e. The number of rotatable bonds is 5. The molecule has 2 atom stereocenters. The van der Waals surface area contributed by atoms with Crippen molar-refractivity contribution in [2.45, 2.75) is 50.6 Å². The zero-order valence-electron chi connectivity index (χ0n) is 12.2. The Bertz CT molecular complexity index is 425. The SMILES string of the molecule is CC(NC(=O)C1CCCC1)C(=O)NC1(C(=O)O)CCOC1. The van der Waals surface area contributed by atoms with Gasteiger partial charge in [-0.3, -0.25) is 9.59 Å². The standard InChI is InChI=1S/C14H22N2O5/c1-9(15-12(18)10-4-2-3-5-10)11(17)16-14(13(19)20)6-7-21-8-14/h9-10H,2-8H2,1H3,(H,15,18)(H,16,17)(H,19,20). The molecular weight excluding hydrogens is 276 g/mol. The quantitative estimate of drug-likeness (QED) is 0.665. The Labute approximate surface area is 123 Å². The van der Waals surface area contributed by atoms with Crippen molar-refractivity contribution in [1.82, 2.24) is 10.6 Å². The van der Waals surface area contributed by atoms with E-state index >= 15 is 0 Å². The summed E-state index contributed by atoms with van der Waals surface area (Å²) in [5.41, 5.74) is -1.37. The van der Waals surface area contributed by atoms with Crippen LogP contribution < -0.4 is 10.6 Å². The summed E-state index contributed by atoms with van der Waals surface area (Å²) in [6, 6.07) is -0.755. The van der Waals surface area contributed by atoms with E-state index in [0.29, 0.717) is 6.61 Å². The van der Waals surface area contributed by atoms with Crippen LogP contribution in [0.2, 0.25) is 0 Å². The van der Waals surface area contributed by atoms with Gasteiger partial charge in [-0.2, -0.15) is 0 Å². The van der Waals surface area contributed by atoms with E-state index < -0.39 is 23.5 Å². The molecule has 7 nitrogen and oxygen atoms in total. The molecule has 0 bridgehead atoms.